The molecule has 3 aromatic rings. The largest absolute Gasteiger partial charge is 0.478 e. The highest BCUT2D eigenvalue weighted by molar-refractivity contribution is 7.92. The van der Waals surface area contributed by atoms with E-state index in [0.717, 1.165) is 38.6 Å². The SMILES string of the molecule is CNCCCOc1ccc2nc(NC(=O)C(=NOC3CCCC3)c3ccc(S(=O)(=O)C4CC4)cc3)sc2n1. The van der Waals surface area contributed by atoms with Crippen LogP contribution in [0.15, 0.2) is 46.4 Å². The normalized spacial score (nSPS) is 16.6. The van der Waals surface area contributed by atoms with Crippen molar-refractivity contribution in [2.75, 3.05) is 25.5 Å². The number of oxime groups is 1. The first-order valence-electron chi connectivity index (χ1n) is 12.9. The monoisotopic (exact) mass is 557 g/mol. The summed E-state index contributed by atoms with van der Waals surface area (Å²) in [5, 5.41) is 10.2. The summed E-state index contributed by atoms with van der Waals surface area (Å²) in [6.45, 7) is 1.40. The van der Waals surface area contributed by atoms with Gasteiger partial charge in [0.1, 0.15) is 16.5 Å². The van der Waals surface area contributed by atoms with Crippen molar-refractivity contribution >= 4 is 48.3 Å². The highest BCUT2D eigenvalue weighted by Gasteiger charge is 2.36. The predicted octanol–water partition coefficient (Wildman–Crippen LogP) is 3.92. The van der Waals surface area contributed by atoms with Crippen LogP contribution in [0, 0.1) is 0 Å². The minimum absolute atomic E-state index is 0.0366. The molecule has 10 nitrogen and oxygen atoms in total. The Morgan fingerprint density at radius 2 is 1.84 bits per heavy atom. The van der Waals surface area contributed by atoms with Crippen molar-refractivity contribution in [3.8, 4) is 5.88 Å². The topological polar surface area (TPSA) is 132 Å². The molecule has 0 radical (unpaired) electrons. The lowest BCUT2D eigenvalue weighted by molar-refractivity contribution is -0.110. The Morgan fingerprint density at radius 3 is 2.55 bits per heavy atom. The summed E-state index contributed by atoms with van der Waals surface area (Å²) < 4.78 is 30.9. The summed E-state index contributed by atoms with van der Waals surface area (Å²) in [7, 11) is -1.44. The van der Waals surface area contributed by atoms with Crippen molar-refractivity contribution in [3.05, 3.63) is 42.0 Å². The lowest BCUT2D eigenvalue weighted by atomic mass is 10.1. The summed E-state index contributed by atoms with van der Waals surface area (Å²) in [4.78, 5) is 28.9. The second kappa shape index (κ2) is 11.7. The van der Waals surface area contributed by atoms with Crippen molar-refractivity contribution in [3.63, 3.8) is 0 Å². The van der Waals surface area contributed by atoms with E-state index in [-0.39, 0.29) is 22.0 Å². The molecule has 2 aliphatic carbocycles. The van der Waals surface area contributed by atoms with Gasteiger partial charge in [-0.05, 0) is 76.7 Å². The van der Waals surface area contributed by atoms with Crippen LogP contribution in [0.5, 0.6) is 5.88 Å². The van der Waals surface area contributed by atoms with Gasteiger partial charge in [0, 0.05) is 11.6 Å². The first-order chi connectivity index (χ1) is 18.4. The minimum Gasteiger partial charge on any atom is -0.478 e. The molecule has 2 saturated carbocycles. The Hall–Kier alpha value is -3.09. The van der Waals surface area contributed by atoms with Gasteiger partial charge < -0.3 is 14.9 Å². The zero-order valence-electron chi connectivity index (χ0n) is 21.2. The molecule has 2 N–H and O–H groups in total. The molecule has 0 bridgehead atoms. The maximum Gasteiger partial charge on any atom is 0.280 e. The quantitative estimate of drug-likeness (QED) is 0.195. The summed E-state index contributed by atoms with van der Waals surface area (Å²) in [5.74, 6) is 0.00646. The van der Waals surface area contributed by atoms with Crippen molar-refractivity contribution in [2.45, 2.75) is 61.2 Å². The third kappa shape index (κ3) is 6.30. The molecule has 2 aromatic heterocycles. The standard InChI is InChI=1S/C26H31N5O5S2/c1-27-15-4-16-35-22-14-13-21-25(29-22)37-26(28-21)30-24(32)23(31-36-18-5-2-3-6-18)17-7-9-19(10-8-17)38(33,34)20-11-12-20/h7-10,13-14,18,20,27H,2-6,11-12,15-16H2,1H3,(H,28,30,32). The Labute approximate surface area is 225 Å². The number of pyridine rings is 1. The Morgan fingerprint density at radius 1 is 1.08 bits per heavy atom. The Bertz CT molecular complexity index is 1410. The third-order valence-electron chi connectivity index (χ3n) is 6.50. The number of anilines is 1. The summed E-state index contributed by atoms with van der Waals surface area (Å²) in [6.07, 6.45) is 6.11. The van der Waals surface area contributed by atoms with Gasteiger partial charge in [-0.2, -0.15) is 0 Å². The van der Waals surface area contributed by atoms with Gasteiger partial charge in [0.05, 0.1) is 16.8 Å². The van der Waals surface area contributed by atoms with Crippen LogP contribution in [0.25, 0.3) is 10.3 Å². The van der Waals surface area contributed by atoms with Gasteiger partial charge in [-0.15, -0.1) is 0 Å². The van der Waals surface area contributed by atoms with Gasteiger partial charge in [0.25, 0.3) is 5.91 Å². The second-order valence-corrected chi connectivity index (χ2v) is 12.7. The van der Waals surface area contributed by atoms with E-state index in [1.165, 1.54) is 23.5 Å². The number of nitrogens with zero attached hydrogens (tertiary/aromatic N) is 3. The van der Waals surface area contributed by atoms with Crippen LogP contribution in [0.2, 0.25) is 0 Å². The lowest BCUT2D eigenvalue weighted by Crippen LogP contribution is -2.25. The second-order valence-electron chi connectivity index (χ2n) is 9.47. The number of carbonyl (C=O) groups is 1. The smallest absolute Gasteiger partial charge is 0.280 e. The molecule has 2 heterocycles. The van der Waals surface area contributed by atoms with Gasteiger partial charge in [0.2, 0.25) is 5.88 Å². The molecular weight excluding hydrogens is 526 g/mol. The number of hydrogen-bond donors (Lipinski definition) is 2. The van der Waals surface area contributed by atoms with Crippen LogP contribution >= 0.6 is 11.3 Å². The Balaban J connectivity index is 1.33. The number of ether oxygens (including phenoxy) is 1. The molecule has 5 rings (SSSR count). The van der Waals surface area contributed by atoms with Crippen LogP contribution in [0.3, 0.4) is 0 Å². The van der Waals surface area contributed by atoms with E-state index in [1.807, 2.05) is 7.05 Å². The first-order valence-corrected chi connectivity index (χ1v) is 15.2. The molecule has 1 aromatic carbocycles. The maximum absolute atomic E-state index is 13.3. The minimum atomic E-state index is -3.33. The van der Waals surface area contributed by atoms with E-state index in [1.54, 1.807) is 24.3 Å². The molecule has 0 aliphatic heterocycles. The molecular formula is C26H31N5O5S2. The summed E-state index contributed by atoms with van der Waals surface area (Å²) >= 11 is 1.23. The number of hydrogen-bond acceptors (Lipinski definition) is 10. The van der Waals surface area contributed by atoms with Crippen LogP contribution in [-0.4, -0.2) is 61.6 Å². The van der Waals surface area contributed by atoms with E-state index in [9.17, 15) is 13.2 Å². The summed E-state index contributed by atoms with van der Waals surface area (Å²) in [6, 6.07) is 9.82. The van der Waals surface area contributed by atoms with Crippen LogP contribution in [0.4, 0.5) is 5.13 Å². The Kier molecular flexibility index (Phi) is 8.20. The van der Waals surface area contributed by atoms with E-state index in [2.05, 4.69) is 25.8 Å². The number of carbonyl (C=O) groups excluding carboxylic acids is 1. The van der Waals surface area contributed by atoms with Crippen LogP contribution in [0.1, 0.15) is 50.5 Å². The molecule has 0 saturated heterocycles. The van der Waals surface area contributed by atoms with E-state index < -0.39 is 15.7 Å². The number of rotatable bonds is 12. The molecule has 0 unspecified atom stereocenters. The van der Waals surface area contributed by atoms with Gasteiger partial charge in [-0.3, -0.25) is 10.1 Å². The molecule has 38 heavy (non-hydrogen) atoms. The molecule has 1 amide bonds. The number of nitrogens with one attached hydrogen (secondary N) is 2. The highest BCUT2D eigenvalue weighted by Crippen LogP contribution is 2.33. The van der Waals surface area contributed by atoms with Crippen LogP contribution in [-0.2, 0) is 19.5 Å². The molecule has 2 fully saturated rings. The zero-order chi connectivity index (χ0) is 26.5. The zero-order valence-corrected chi connectivity index (χ0v) is 22.8. The summed E-state index contributed by atoms with van der Waals surface area (Å²) in [5.41, 5.74) is 1.17. The molecule has 0 atom stereocenters. The average Bonchev–Trinajstić information content (AvgIpc) is 3.52. The van der Waals surface area contributed by atoms with Gasteiger partial charge in [-0.25, -0.2) is 18.4 Å². The number of thiazole rings is 1. The predicted molar refractivity (Wildman–Crippen MR) is 147 cm³/mol. The molecule has 12 heteroatoms. The van der Waals surface area contributed by atoms with E-state index in [0.29, 0.717) is 46.4 Å². The third-order valence-corrected chi connectivity index (χ3v) is 9.66. The fourth-order valence-electron chi connectivity index (χ4n) is 4.24. The van der Waals surface area contributed by atoms with Gasteiger partial charge >= 0.3 is 0 Å². The van der Waals surface area contributed by atoms with Crippen molar-refractivity contribution < 1.29 is 22.8 Å². The first kappa shape index (κ1) is 26.5. The maximum atomic E-state index is 13.3. The molecule has 0 spiro atoms. The van der Waals surface area contributed by atoms with Crippen molar-refractivity contribution in [1.29, 1.82) is 0 Å². The molecule has 202 valence electrons. The lowest BCUT2D eigenvalue weighted by Gasteiger charge is -2.11. The number of aromatic nitrogens is 2. The number of amides is 1. The van der Waals surface area contributed by atoms with E-state index in [4.69, 9.17) is 9.57 Å². The van der Waals surface area contributed by atoms with E-state index >= 15 is 0 Å². The van der Waals surface area contributed by atoms with Crippen molar-refractivity contribution in [2.24, 2.45) is 5.16 Å². The average molecular weight is 558 g/mol. The van der Waals surface area contributed by atoms with Gasteiger partial charge in [0.15, 0.2) is 20.7 Å². The van der Waals surface area contributed by atoms with Gasteiger partial charge in [-0.1, -0.05) is 28.6 Å². The molecule has 2 aliphatic rings. The fourth-order valence-corrected chi connectivity index (χ4v) is 6.72. The fraction of sp³-hybridized carbons (Fsp3) is 0.462. The van der Waals surface area contributed by atoms with Crippen LogP contribution < -0.4 is 15.4 Å². The number of fused-ring (bicyclic) bond motifs is 1. The number of sulfone groups is 1. The highest BCUT2D eigenvalue weighted by atomic mass is 32.2. The number of benzene rings is 1. The van der Waals surface area contributed by atoms with Crippen molar-refractivity contribution in [1.82, 2.24) is 15.3 Å².